The SMILES string of the molecule is O=S(=O)(NCC1(C2CC2)CC1)c1ccn[nH]1. The van der Waals surface area contributed by atoms with Crippen LogP contribution in [-0.4, -0.2) is 25.2 Å². The lowest BCUT2D eigenvalue weighted by molar-refractivity contribution is 0.431. The van der Waals surface area contributed by atoms with Gasteiger partial charge in [0.15, 0.2) is 5.03 Å². The molecular formula is C10H15N3O2S. The highest BCUT2D eigenvalue weighted by Gasteiger charge is 2.53. The molecule has 2 N–H and O–H groups in total. The number of rotatable bonds is 5. The van der Waals surface area contributed by atoms with Gasteiger partial charge in [-0.25, -0.2) is 13.1 Å². The second-order valence-corrected chi connectivity index (χ2v) is 6.62. The molecule has 2 saturated carbocycles. The number of hydrogen-bond donors (Lipinski definition) is 2. The van der Waals surface area contributed by atoms with E-state index in [1.165, 1.54) is 37.9 Å². The predicted octanol–water partition coefficient (Wildman–Crippen LogP) is 0.878. The summed E-state index contributed by atoms with van der Waals surface area (Å²) in [6.07, 6.45) is 6.33. The van der Waals surface area contributed by atoms with Crippen molar-refractivity contribution in [2.45, 2.75) is 30.7 Å². The summed E-state index contributed by atoms with van der Waals surface area (Å²) < 4.78 is 26.3. The van der Waals surface area contributed by atoms with Gasteiger partial charge in [0.1, 0.15) is 0 Å². The van der Waals surface area contributed by atoms with Crippen molar-refractivity contribution in [3.63, 3.8) is 0 Å². The summed E-state index contributed by atoms with van der Waals surface area (Å²) in [4.78, 5) is 0. The van der Waals surface area contributed by atoms with Crippen LogP contribution < -0.4 is 4.72 Å². The van der Waals surface area contributed by atoms with E-state index in [1.807, 2.05) is 0 Å². The van der Waals surface area contributed by atoms with Crippen molar-refractivity contribution in [2.24, 2.45) is 11.3 Å². The largest absolute Gasteiger partial charge is 0.266 e. The summed E-state index contributed by atoms with van der Waals surface area (Å²) in [6.45, 7) is 0.582. The van der Waals surface area contributed by atoms with Gasteiger partial charge in [-0.05, 0) is 43.1 Å². The third-order valence-electron chi connectivity index (χ3n) is 3.71. The molecule has 3 rings (SSSR count). The first kappa shape index (κ1) is 10.3. The van der Waals surface area contributed by atoms with Crippen LogP contribution in [0.4, 0.5) is 0 Å². The van der Waals surface area contributed by atoms with Gasteiger partial charge < -0.3 is 0 Å². The molecule has 0 unspecified atom stereocenters. The second-order valence-electron chi connectivity index (χ2n) is 4.88. The smallest absolute Gasteiger partial charge is 0.257 e. The molecule has 16 heavy (non-hydrogen) atoms. The lowest BCUT2D eigenvalue weighted by Crippen LogP contribution is -2.31. The predicted molar refractivity (Wildman–Crippen MR) is 58.2 cm³/mol. The normalized spacial score (nSPS) is 23.2. The number of nitrogens with one attached hydrogen (secondary N) is 2. The molecular weight excluding hydrogens is 226 g/mol. The highest BCUT2D eigenvalue weighted by Crippen LogP contribution is 2.60. The van der Waals surface area contributed by atoms with Gasteiger partial charge in [-0.3, -0.25) is 5.10 Å². The van der Waals surface area contributed by atoms with Crippen LogP contribution in [0, 0.1) is 11.3 Å². The summed E-state index contributed by atoms with van der Waals surface area (Å²) >= 11 is 0. The summed E-state index contributed by atoms with van der Waals surface area (Å²) in [5.41, 5.74) is 0.285. The fraction of sp³-hybridized carbons (Fsp3) is 0.700. The van der Waals surface area contributed by atoms with Gasteiger partial charge in [0.25, 0.3) is 10.0 Å². The molecule has 0 aliphatic heterocycles. The van der Waals surface area contributed by atoms with Crippen LogP contribution in [0.3, 0.4) is 0 Å². The van der Waals surface area contributed by atoms with Gasteiger partial charge in [-0.1, -0.05) is 0 Å². The van der Waals surface area contributed by atoms with Crippen molar-refractivity contribution in [1.29, 1.82) is 0 Å². The van der Waals surface area contributed by atoms with Crippen molar-refractivity contribution < 1.29 is 8.42 Å². The molecule has 88 valence electrons. The van der Waals surface area contributed by atoms with E-state index in [-0.39, 0.29) is 10.4 Å². The van der Waals surface area contributed by atoms with E-state index in [9.17, 15) is 8.42 Å². The minimum absolute atomic E-state index is 0.152. The van der Waals surface area contributed by atoms with E-state index in [0.717, 1.165) is 5.92 Å². The van der Waals surface area contributed by atoms with Crippen LogP contribution in [0.2, 0.25) is 0 Å². The molecule has 2 fully saturated rings. The van der Waals surface area contributed by atoms with Crippen LogP contribution in [-0.2, 0) is 10.0 Å². The van der Waals surface area contributed by atoms with Crippen LogP contribution in [0.15, 0.2) is 17.3 Å². The summed E-state index contributed by atoms with van der Waals surface area (Å²) in [5.74, 6) is 0.761. The molecule has 5 nitrogen and oxygen atoms in total. The number of nitrogens with zero attached hydrogens (tertiary/aromatic N) is 1. The standard InChI is InChI=1S/C10H15N3O2S/c14-16(15,9-3-6-11-13-9)12-7-10(4-5-10)8-1-2-8/h3,6,8,12H,1-2,4-5,7H2,(H,11,13). The molecule has 0 aromatic carbocycles. The molecule has 0 amide bonds. The van der Waals surface area contributed by atoms with Gasteiger partial charge in [-0.2, -0.15) is 5.10 Å². The molecule has 1 heterocycles. The number of hydrogen-bond acceptors (Lipinski definition) is 3. The van der Waals surface area contributed by atoms with Crippen molar-refractivity contribution in [3.05, 3.63) is 12.3 Å². The maximum Gasteiger partial charge on any atom is 0.257 e. The first-order valence-electron chi connectivity index (χ1n) is 5.61. The van der Waals surface area contributed by atoms with Gasteiger partial charge >= 0.3 is 0 Å². The average Bonchev–Trinajstić information content (AvgIpc) is 3.14. The van der Waals surface area contributed by atoms with Crippen molar-refractivity contribution in [1.82, 2.24) is 14.9 Å². The van der Waals surface area contributed by atoms with Gasteiger partial charge in [-0.15, -0.1) is 0 Å². The molecule has 1 aromatic rings. The number of aromatic amines is 1. The van der Waals surface area contributed by atoms with E-state index in [2.05, 4.69) is 14.9 Å². The summed E-state index contributed by atoms with van der Waals surface area (Å²) in [7, 11) is -3.38. The molecule has 2 aliphatic rings. The molecule has 0 saturated heterocycles. The minimum atomic E-state index is -3.38. The maximum atomic E-state index is 11.8. The Hall–Kier alpha value is -0.880. The Bertz CT molecular complexity index is 472. The first-order valence-corrected chi connectivity index (χ1v) is 7.10. The van der Waals surface area contributed by atoms with E-state index in [1.54, 1.807) is 0 Å². The Morgan fingerprint density at radius 3 is 2.75 bits per heavy atom. The Balaban J connectivity index is 1.67. The van der Waals surface area contributed by atoms with Gasteiger partial charge in [0.2, 0.25) is 0 Å². The fourth-order valence-electron chi connectivity index (χ4n) is 2.29. The lowest BCUT2D eigenvalue weighted by atomic mass is 10.0. The average molecular weight is 241 g/mol. The first-order chi connectivity index (χ1) is 7.62. The summed E-state index contributed by atoms with van der Waals surface area (Å²) in [6, 6.07) is 1.47. The van der Waals surface area contributed by atoms with Crippen LogP contribution in [0.1, 0.15) is 25.7 Å². The molecule has 0 atom stereocenters. The van der Waals surface area contributed by atoms with Crippen molar-refractivity contribution >= 4 is 10.0 Å². The quantitative estimate of drug-likeness (QED) is 0.803. The number of H-pyrrole nitrogens is 1. The molecule has 6 heteroatoms. The monoisotopic (exact) mass is 241 g/mol. The molecule has 1 aromatic heterocycles. The topological polar surface area (TPSA) is 74.8 Å². The van der Waals surface area contributed by atoms with Gasteiger partial charge in [0.05, 0.1) is 6.20 Å². The highest BCUT2D eigenvalue weighted by molar-refractivity contribution is 7.89. The van der Waals surface area contributed by atoms with Crippen LogP contribution >= 0.6 is 0 Å². The third-order valence-corrected chi connectivity index (χ3v) is 5.05. The third kappa shape index (κ3) is 1.76. The van der Waals surface area contributed by atoms with E-state index in [4.69, 9.17) is 0 Å². The van der Waals surface area contributed by atoms with Gasteiger partial charge in [0, 0.05) is 6.54 Å². The Morgan fingerprint density at radius 1 is 1.50 bits per heavy atom. The number of aromatic nitrogens is 2. The Morgan fingerprint density at radius 2 is 2.25 bits per heavy atom. The van der Waals surface area contributed by atoms with Crippen molar-refractivity contribution in [2.75, 3.05) is 6.54 Å². The fourth-order valence-corrected chi connectivity index (χ4v) is 3.34. The lowest BCUT2D eigenvalue weighted by Gasteiger charge is -2.14. The van der Waals surface area contributed by atoms with Crippen LogP contribution in [0.5, 0.6) is 0 Å². The zero-order chi connectivity index (χ0) is 11.2. The second kappa shape index (κ2) is 3.30. The van der Waals surface area contributed by atoms with Crippen LogP contribution in [0.25, 0.3) is 0 Å². The molecule has 0 bridgehead atoms. The Labute approximate surface area is 94.7 Å². The van der Waals surface area contributed by atoms with E-state index in [0.29, 0.717) is 6.54 Å². The zero-order valence-electron chi connectivity index (χ0n) is 8.94. The zero-order valence-corrected chi connectivity index (χ0v) is 9.76. The maximum absolute atomic E-state index is 11.8. The molecule has 0 spiro atoms. The summed E-state index contributed by atoms with van der Waals surface area (Å²) in [5, 5.41) is 6.28. The van der Waals surface area contributed by atoms with Crippen molar-refractivity contribution in [3.8, 4) is 0 Å². The molecule has 0 radical (unpaired) electrons. The minimum Gasteiger partial charge on any atom is -0.266 e. The Kier molecular flexibility index (Phi) is 2.12. The molecule has 2 aliphatic carbocycles. The number of sulfonamides is 1. The van der Waals surface area contributed by atoms with E-state index < -0.39 is 10.0 Å². The van der Waals surface area contributed by atoms with E-state index >= 15 is 0 Å². The highest BCUT2D eigenvalue weighted by atomic mass is 32.2.